The molecule has 2 aromatic rings. The van der Waals surface area contributed by atoms with Crippen LogP contribution in [0.2, 0.25) is 10.0 Å². The highest BCUT2D eigenvalue weighted by Crippen LogP contribution is 2.29. The molecule has 0 radical (unpaired) electrons. The molecule has 33 heavy (non-hydrogen) atoms. The van der Waals surface area contributed by atoms with Gasteiger partial charge in [0.25, 0.3) is 5.91 Å². The van der Waals surface area contributed by atoms with Crippen LogP contribution in [0, 0.1) is 0 Å². The van der Waals surface area contributed by atoms with E-state index in [4.69, 9.17) is 27.9 Å². The van der Waals surface area contributed by atoms with Gasteiger partial charge in [0.05, 0.1) is 4.47 Å². The van der Waals surface area contributed by atoms with Crippen LogP contribution in [0.1, 0.15) is 58.6 Å². The largest absolute Gasteiger partial charge is 0.483 e. The number of nitrogens with zero attached hydrogens (tertiary/aromatic N) is 1. The van der Waals surface area contributed by atoms with Crippen LogP contribution in [0.5, 0.6) is 5.75 Å². The van der Waals surface area contributed by atoms with Gasteiger partial charge in [-0.15, -0.1) is 0 Å². The Hall–Kier alpha value is -1.76. The predicted octanol–water partition coefficient (Wildman–Crippen LogP) is 6.59. The number of carbonyl (C=O) groups excluding carboxylic acids is 2. The lowest BCUT2D eigenvalue weighted by atomic mass is 10.0. The second kappa shape index (κ2) is 11.6. The van der Waals surface area contributed by atoms with Gasteiger partial charge in [0, 0.05) is 22.1 Å². The van der Waals surface area contributed by atoms with Crippen molar-refractivity contribution in [3.05, 3.63) is 62.0 Å². The molecule has 2 aromatic carbocycles. The van der Waals surface area contributed by atoms with Gasteiger partial charge < -0.3 is 15.0 Å². The van der Waals surface area contributed by atoms with E-state index in [-0.39, 0.29) is 25.0 Å². The van der Waals surface area contributed by atoms with Gasteiger partial charge in [-0.25, -0.2) is 0 Å². The summed E-state index contributed by atoms with van der Waals surface area (Å²) in [7, 11) is 0. The maximum atomic E-state index is 13.2. The molecular weight excluding hydrogens is 527 g/mol. The first-order chi connectivity index (χ1) is 15.3. The maximum absolute atomic E-state index is 13.2. The van der Waals surface area contributed by atoms with Gasteiger partial charge in [-0.3, -0.25) is 9.59 Å². The highest BCUT2D eigenvalue weighted by molar-refractivity contribution is 9.10. The molecule has 0 spiro atoms. The molecule has 0 saturated carbocycles. The van der Waals surface area contributed by atoms with E-state index >= 15 is 0 Å². The summed E-state index contributed by atoms with van der Waals surface area (Å²) in [4.78, 5) is 27.6. The highest BCUT2D eigenvalue weighted by atomic mass is 79.9. The molecule has 0 heterocycles. The van der Waals surface area contributed by atoms with Crippen molar-refractivity contribution < 1.29 is 14.3 Å². The number of halogens is 3. The standard InChI is InChI=1S/C25H31BrCl2N2O3/c1-15(2)17-8-10-22(20(26)11-17)33-14-23(31)30(16(3)24(32)29-25(4,5)6)13-18-7-9-19(27)12-21(18)28/h7-12,15-16H,13-14H2,1-6H3,(H,29,32). The Bertz CT molecular complexity index is 1010. The fourth-order valence-corrected chi connectivity index (χ4v) is 4.08. The Kier molecular flexibility index (Phi) is 9.65. The minimum absolute atomic E-state index is 0.143. The molecule has 0 aliphatic carbocycles. The highest BCUT2D eigenvalue weighted by Gasteiger charge is 2.29. The number of carbonyl (C=O) groups is 2. The van der Waals surface area contributed by atoms with Crippen molar-refractivity contribution in [3.63, 3.8) is 0 Å². The third-order valence-corrected chi connectivity index (χ3v) is 6.20. The van der Waals surface area contributed by atoms with Gasteiger partial charge in [-0.2, -0.15) is 0 Å². The van der Waals surface area contributed by atoms with Crippen LogP contribution in [0.4, 0.5) is 0 Å². The van der Waals surface area contributed by atoms with Gasteiger partial charge >= 0.3 is 0 Å². The van der Waals surface area contributed by atoms with E-state index in [1.54, 1.807) is 25.1 Å². The zero-order chi connectivity index (χ0) is 24.9. The Morgan fingerprint density at radius 1 is 1.09 bits per heavy atom. The first-order valence-corrected chi connectivity index (χ1v) is 12.3. The van der Waals surface area contributed by atoms with Crippen LogP contribution in [-0.4, -0.2) is 34.9 Å². The summed E-state index contributed by atoms with van der Waals surface area (Å²) < 4.78 is 6.58. The summed E-state index contributed by atoms with van der Waals surface area (Å²) in [6.07, 6.45) is 0. The average Bonchev–Trinajstić information content (AvgIpc) is 2.70. The number of nitrogens with one attached hydrogen (secondary N) is 1. The fourth-order valence-electron chi connectivity index (χ4n) is 3.11. The molecule has 5 nitrogen and oxygen atoms in total. The smallest absolute Gasteiger partial charge is 0.261 e. The SMILES string of the molecule is CC(C)c1ccc(OCC(=O)N(Cc2ccc(Cl)cc2Cl)C(C)C(=O)NC(C)(C)C)c(Br)c1. The van der Waals surface area contributed by atoms with Crippen molar-refractivity contribution in [3.8, 4) is 5.75 Å². The molecule has 0 fully saturated rings. The normalized spacial score (nSPS) is 12.4. The molecule has 0 bridgehead atoms. The minimum atomic E-state index is -0.737. The molecule has 180 valence electrons. The third kappa shape index (κ3) is 8.20. The van der Waals surface area contributed by atoms with Crippen molar-refractivity contribution in [2.45, 2.75) is 65.6 Å². The first kappa shape index (κ1) is 27.5. The molecule has 0 aromatic heterocycles. The lowest BCUT2D eigenvalue weighted by molar-refractivity contribution is -0.142. The van der Waals surface area contributed by atoms with Gasteiger partial charge in [0.1, 0.15) is 11.8 Å². The monoisotopic (exact) mass is 556 g/mol. The lowest BCUT2D eigenvalue weighted by Gasteiger charge is -2.31. The number of ether oxygens (including phenoxy) is 1. The van der Waals surface area contributed by atoms with E-state index in [9.17, 15) is 9.59 Å². The number of rotatable bonds is 8. The molecule has 1 N–H and O–H groups in total. The Labute approximate surface area is 214 Å². The third-order valence-electron chi connectivity index (χ3n) is 5.00. The fraction of sp³-hybridized carbons (Fsp3) is 0.440. The summed E-state index contributed by atoms with van der Waals surface area (Å²) in [5.41, 5.74) is 1.41. The van der Waals surface area contributed by atoms with Gasteiger partial charge in [-0.05, 0) is 84.9 Å². The van der Waals surface area contributed by atoms with Crippen molar-refractivity contribution in [1.29, 1.82) is 0 Å². The van der Waals surface area contributed by atoms with Crippen LogP contribution in [-0.2, 0) is 16.1 Å². The Morgan fingerprint density at radius 2 is 1.76 bits per heavy atom. The molecule has 1 atom stereocenters. The van der Waals surface area contributed by atoms with E-state index in [2.05, 4.69) is 35.1 Å². The zero-order valence-corrected chi connectivity index (χ0v) is 22.9. The molecule has 0 aliphatic rings. The average molecular weight is 558 g/mol. The molecule has 0 aliphatic heterocycles. The van der Waals surface area contributed by atoms with Crippen molar-refractivity contribution in [1.82, 2.24) is 10.2 Å². The molecule has 0 saturated heterocycles. The summed E-state index contributed by atoms with van der Waals surface area (Å²) in [6, 6.07) is 10.1. The number of hydrogen-bond acceptors (Lipinski definition) is 3. The van der Waals surface area contributed by atoms with Gasteiger partial charge in [0.2, 0.25) is 5.91 Å². The van der Waals surface area contributed by atoms with Crippen LogP contribution < -0.4 is 10.1 Å². The van der Waals surface area contributed by atoms with E-state index in [0.717, 1.165) is 10.0 Å². The van der Waals surface area contributed by atoms with Crippen LogP contribution >= 0.6 is 39.1 Å². The Morgan fingerprint density at radius 3 is 2.30 bits per heavy atom. The second-order valence-corrected chi connectivity index (χ2v) is 11.0. The van der Waals surface area contributed by atoms with Crippen molar-refractivity contribution in [2.75, 3.05) is 6.61 Å². The van der Waals surface area contributed by atoms with Crippen LogP contribution in [0.3, 0.4) is 0 Å². The number of benzene rings is 2. The Balaban J connectivity index is 2.24. The minimum Gasteiger partial charge on any atom is -0.483 e. The first-order valence-electron chi connectivity index (χ1n) is 10.8. The van der Waals surface area contributed by atoms with E-state index in [1.165, 1.54) is 4.90 Å². The van der Waals surface area contributed by atoms with Crippen molar-refractivity contribution in [2.24, 2.45) is 0 Å². The summed E-state index contributed by atoms with van der Waals surface area (Å²) in [5.74, 6) is 0.337. The summed E-state index contributed by atoms with van der Waals surface area (Å²) >= 11 is 15.9. The van der Waals surface area contributed by atoms with Crippen LogP contribution in [0.15, 0.2) is 40.9 Å². The summed E-state index contributed by atoms with van der Waals surface area (Å²) in [6.45, 7) is 11.5. The topological polar surface area (TPSA) is 58.6 Å². The maximum Gasteiger partial charge on any atom is 0.261 e. The number of amides is 2. The predicted molar refractivity (Wildman–Crippen MR) is 138 cm³/mol. The quantitative estimate of drug-likeness (QED) is 0.398. The van der Waals surface area contributed by atoms with E-state index in [1.807, 2.05) is 39.0 Å². The lowest BCUT2D eigenvalue weighted by Crippen LogP contribution is -2.53. The number of hydrogen-bond donors (Lipinski definition) is 1. The summed E-state index contributed by atoms with van der Waals surface area (Å²) in [5, 5.41) is 3.85. The molecular formula is C25H31BrCl2N2O3. The molecule has 2 amide bonds. The zero-order valence-electron chi connectivity index (χ0n) is 19.8. The molecule has 2 rings (SSSR count). The molecule has 8 heteroatoms. The molecule has 1 unspecified atom stereocenters. The second-order valence-electron chi connectivity index (χ2n) is 9.31. The van der Waals surface area contributed by atoms with E-state index < -0.39 is 11.6 Å². The van der Waals surface area contributed by atoms with Crippen molar-refractivity contribution >= 4 is 50.9 Å². The van der Waals surface area contributed by atoms with Gasteiger partial charge in [0.15, 0.2) is 6.61 Å². The van der Waals surface area contributed by atoms with Gasteiger partial charge in [-0.1, -0.05) is 49.2 Å². The van der Waals surface area contributed by atoms with Crippen LogP contribution in [0.25, 0.3) is 0 Å². The van der Waals surface area contributed by atoms with E-state index in [0.29, 0.717) is 27.3 Å².